The molecular weight excluding hydrogens is 258 g/mol. The standard InChI is InChI=1S/C18H11N3/c1-3-7-14-11(5-1)12-9-10-19-16-13-6-2-4-8-15(13)21-18(16)17(12)20-14/h1-10,20H. The molecule has 2 aliphatic rings. The van der Waals surface area contributed by atoms with Gasteiger partial charge in [-0.3, -0.25) is 4.98 Å². The molecule has 0 atom stereocenters. The van der Waals surface area contributed by atoms with Gasteiger partial charge in [0.1, 0.15) is 11.4 Å². The predicted molar refractivity (Wildman–Crippen MR) is 85.5 cm³/mol. The van der Waals surface area contributed by atoms with Crippen LogP contribution in [0.5, 0.6) is 0 Å². The molecular formula is C18H11N3. The van der Waals surface area contributed by atoms with Crippen LogP contribution in [0.2, 0.25) is 0 Å². The second-order valence-corrected chi connectivity index (χ2v) is 5.23. The topological polar surface area (TPSA) is 41.6 Å². The Hall–Kier alpha value is -2.94. The Morgan fingerprint density at radius 1 is 0.714 bits per heavy atom. The third-order valence-electron chi connectivity index (χ3n) is 4.04. The van der Waals surface area contributed by atoms with Crippen LogP contribution in [-0.2, 0) is 0 Å². The summed E-state index contributed by atoms with van der Waals surface area (Å²) in [7, 11) is 0. The highest BCUT2D eigenvalue weighted by Crippen LogP contribution is 2.35. The zero-order valence-electron chi connectivity index (χ0n) is 11.2. The van der Waals surface area contributed by atoms with Crippen LogP contribution in [0.15, 0.2) is 60.8 Å². The molecule has 0 saturated heterocycles. The molecule has 0 aliphatic carbocycles. The minimum Gasteiger partial charge on any atom is -0.353 e. The number of aromatic amines is 1. The molecule has 0 spiro atoms. The van der Waals surface area contributed by atoms with Crippen molar-refractivity contribution in [2.75, 3.05) is 0 Å². The van der Waals surface area contributed by atoms with Crippen molar-refractivity contribution in [3.05, 3.63) is 60.8 Å². The molecule has 21 heavy (non-hydrogen) atoms. The number of nitrogens with zero attached hydrogens (tertiary/aromatic N) is 2. The quantitative estimate of drug-likeness (QED) is 0.453. The molecule has 3 heteroatoms. The van der Waals surface area contributed by atoms with E-state index >= 15 is 0 Å². The van der Waals surface area contributed by atoms with Crippen molar-refractivity contribution in [3.63, 3.8) is 0 Å². The van der Waals surface area contributed by atoms with Crippen LogP contribution in [-0.4, -0.2) is 15.0 Å². The lowest BCUT2D eigenvalue weighted by molar-refractivity contribution is 1.35. The molecule has 98 valence electrons. The second kappa shape index (κ2) is 3.79. The molecule has 3 heterocycles. The van der Waals surface area contributed by atoms with Crippen LogP contribution in [0.1, 0.15) is 0 Å². The lowest BCUT2D eigenvalue weighted by Crippen LogP contribution is -1.77. The first-order valence-corrected chi connectivity index (χ1v) is 6.96. The molecule has 1 N–H and O–H groups in total. The second-order valence-electron chi connectivity index (χ2n) is 5.23. The average Bonchev–Trinajstić information content (AvgIpc) is 3.02. The molecule has 3 nitrogen and oxygen atoms in total. The van der Waals surface area contributed by atoms with Crippen molar-refractivity contribution >= 4 is 32.7 Å². The van der Waals surface area contributed by atoms with E-state index in [9.17, 15) is 0 Å². The van der Waals surface area contributed by atoms with E-state index in [0.29, 0.717) is 0 Å². The van der Waals surface area contributed by atoms with E-state index in [1.165, 1.54) is 5.39 Å². The normalized spacial score (nSPS) is 11.8. The maximum atomic E-state index is 4.78. The summed E-state index contributed by atoms with van der Waals surface area (Å²) < 4.78 is 0. The molecule has 0 unspecified atom stereocenters. The monoisotopic (exact) mass is 269 g/mol. The molecule has 0 saturated carbocycles. The fraction of sp³-hybridized carbons (Fsp3) is 0. The van der Waals surface area contributed by atoms with Gasteiger partial charge < -0.3 is 4.98 Å². The van der Waals surface area contributed by atoms with Gasteiger partial charge in [0, 0.05) is 27.9 Å². The predicted octanol–water partition coefficient (Wildman–Crippen LogP) is 4.37. The Bertz CT molecular complexity index is 1090. The summed E-state index contributed by atoms with van der Waals surface area (Å²) in [6, 6.07) is 18.5. The van der Waals surface area contributed by atoms with Gasteiger partial charge in [-0.05, 0) is 18.2 Å². The first-order chi connectivity index (χ1) is 10.4. The summed E-state index contributed by atoms with van der Waals surface area (Å²) >= 11 is 0. The van der Waals surface area contributed by atoms with Crippen molar-refractivity contribution in [2.24, 2.45) is 0 Å². The SMILES string of the molecule is c1ccc2c3nccc4c([nH]c5ccccc54)c-3nc2c1. The van der Waals surface area contributed by atoms with Gasteiger partial charge in [-0.15, -0.1) is 0 Å². The Kier molecular flexibility index (Phi) is 1.95. The van der Waals surface area contributed by atoms with Crippen molar-refractivity contribution in [1.29, 1.82) is 0 Å². The van der Waals surface area contributed by atoms with Crippen molar-refractivity contribution < 1.29 is 0 Å². The van der Waals surface area contributed by atoms with E-state index in [2.05, 4.69) is 40.3 Å². The minimum absolute atomic E-state index is 0.937. The largest absolute Gasteiger partial charge is 0.353 e. The molecule has 5 rings (SSSR count). The fourth-order valence-electron chi connectivity index (χ4n) is 3.09. The zero-order chi connectivity index (χ0) is 13.8. The van der Waals surface area contributed by atoms with Crippen LogP contribution in [0.3, 0.4) is 0 Å². The molecule has 0 radical (unpaired) electrons. The fourth-order valence-corrected chi connectivity index (χ4v) is 3.09. The number of aromatic nitrogens is 3. The highest BCUT2D eigenvalue weighted by atomic mass is 14.8. The van der Waals surface area contributed by atoms with Crippen molar-refractivity contribution in [1.82, 2.24) is 15.0 Å². The van der Waals surface area contributed by atoms with Gasteiger partial charge in [0.05, 0.1) is 11.0 Å². The Balaban J connectivity index is 2.06. The van der Waals surface area contributed by atoms with Crippen LogP contribution >= 0.6 is 0 Å². The number of hydrogen-bond acceptors (Lipinski definition) is 2. The first-order valence-electron chi connectivity index (χ1n) is 6.96. The number of H-pyrrole nitrogens is 1. The lowest BCUT2D eigenvalue weighted by Gasteiger charge is -1.91. The summed E-state index contributed by atoms with van der Waals surface area (Å²) in [5.74, 6) is 0. The van der Waals surface area contributed by atoms with Gasteiger partial charge in [-0.2, -0.15) is 0 Å². The van der Waals surface area contributed by atoms with E-state index in [1.54, 1.807) is 0 Å². The third-order valence-corrected chi connectivity index (χ3v) is 4.04. The maximum Gasteiger partial charge on any atom is 0.114 e. The molecule has 0 fully saturated rings. The zero-order valence-corrected chi connectivity index (χ0v) is 11.2. The molecule has 2 aliphatic heterocycles. The Morgan fingerprint density at radius 3 is 2.48 bits per heavy atom. The number of fused-ring (bicyclic) bond motifs is 7. The molecule has 3 aromatic rings. The van der Waals surface area contributed by atoms with Crippen LogP contribution in [0, 0.1) is 0 Å². The highest BCUT2D eigenvalue weighted by Gasteiger charge is 2.17. The maximum absolute atomic E-state index is 4.78. The summed E-state index contributed by atoms with van der Waals surface area (Å²) in [4.78, 5) is 12.9. The van der Waals surface area contributed by atoms with Gasteiger partial charge >= 0.3 is 0 Å². The van der Waals surface area contributed by atoms with Gasteiger partial charge in [-0.1, -0.05) is 36.4 Å². The van der Waals surface area contributed by atoms with Crippen LogP contribution in [0.25, 0.3) is 44.1 Å². The van der Waals surface area contributed by atoms with Crippen LogP contribution < -0.4 is 0 Å². The summed E-state index contributed by atoms with van der Waals surface area (Å²) in [5, 5.41) is 3.47. The van der Waals surface area contributed by atoms with E-state index < -0.39 is 0 Å². The smallest absolute Gasteiger partial charge is 0.114 e. The number of benzene rings is 2. The Labute approximate surface area is 120 Å². The summed E-state index contributed by atoms with van der Waals surface area (Å²) in [6.07, 6.45) is 1.87. The van der Waals surface area contributed by atoms with Crippen molar-refractivity contribution in [3.8, 4) is 11.4 Å². The number of nitrogens with one attached hydrogen (secondary N) is 1. The molecule has 1 aromatic heterocycles. The third kappa shape index (κ3) is 1.37. The number of rotatable bonds is 0. The Morgan fingerprint density at radius 2 is 1.52 bits per heavy atom. The lowest BCUT2D eigenvalue weighted by atomic mass is 10.1. The number of hydrogen-bond donors (Lipinski definition) is 1. The van der Waals surface area contributed by atoms with Gasteiger partial charge in [0.25, 0.3) is 0 Å². The van der Waals surface area contributed by atoms with Crippen LogP contribution in [0.4, 0.5) is 0 Å². The molecule has 0 amide bonds. The van der Waals surface area contributed by atoms with E-state index in [1.807, 2.05) is 30.5 Å². The van der Waals surface area contributed by atoms with E-state index in [0.717, 1.165) is 38.7 Å². The highest BCUT2D eigenvalue weighted by molar-refractivity contribution is 6.13. The number of para-hydroxylation sites is 2. The molecule has 0 bridgehead atoms. The van der Waals surface area contributed by atoms with E-state index in [4.69, 9.17) is 4.98 Å². The first kappa shape index (κ1) is 10.8. The summed E-state index contributed by atoms with van der Waals surface area (Å²) in [6.45, 7) is 0. The van der Waals surface area contributed by atoms with Gasteiger partial charge in [0.2, 0.25) is 0 Å². The minimum atomic E-state index is 0.937. The summed E-state index contributed by atoms with van der Waals surface area (Å²) in [5.41, 5.74) is 5.07. The molecule has 2 aromatic carbocycles. The van der Waals surface area contributed by atoms with E-state index in [-0.39, 0.29) is 0 Å². The average molecular weight is 269 g/mol. The van der Waals surface area contributed by atoms with Crippen molar-refractivity contribution in [2.45, 2.75) is 0 Å². The van der Waals surface area contributed by atoms with Gasteiger partial charge in [-0.25, -0.2) is 4.98 Å². The van der Waals surface area contributed by atoms with Gasteiger partial charge in [0.15, 0.2) is 0 Å².